The maximum atomic E-state index is 13.2. The Morgan fingerprint density at radius 3 is 3.00 bits per heavy atom. The molecule has 0 aliphatic rings. The Balaban J connectivity index is 1.83. The zero-order valence-corrected chi connectivity index (χ0v) is 11.6. The molecule has 5 heteroatoms. The highest BCUT2D eigenvalue weighted by atomic mass is 32.1. The molecule has 98 valence electrons. The molecule has 0 saturated heterocycles. The highest BCUT2D eigenvalue weighted by Gasteiger charge is 2.09. The molecule has 0 atom stereocenters. The van der Waals surface area contributed by atoms with Crippen LogP contribution < -0.4 is 5.32 Å². The van der Waals surface area contributed by atoms with Crippen LogP contribution in [0.5, 0.6) is 0 Å². The minimum Gasteiger partial charge on any atom is -0.379 e. The number of fused-ring (bicyclic) bond motifs is 1. The van der Waals surface area contributed by atoms with E-state index in [-0.39, 0.29) is 5.82 Å². The number of aromatic nitrogens is 2. The van der Waals surface area contributed by atoms with E-state index < -0.39 is 0 Å². The third kappa shape index (κ3) is 2.21. The number of nitrogens with zero attached hydrogens (tertiary/aromatic N) is 2. The van der Waals surface area contributed by atoms with E-state index in [1.54, 1.807) is 24.3 Å². The summed E-state index contributed by atoms with van der Waals surface area (Å²) in [6.45, 7) is 4.45. The molecule has 0 bridgehead atoms. The van der Waals surface area contributed by atoms with E-state index in [2.05, 4.69) is 14.7 Å². The molecule has 0 aliphatic carbocycles. The zero-order valence-electron chi connectivity index (χ0n) is 10.8. The second kappa shape index (κ2) is 4.66. The highest BCUT2D eigenvalue weighted by molar-refractivity contribution is 7.15. The van der Waals surface area contributed by atoms with Gasteiger partial charge in [-0.2, -0.15) is 0 Å². The normalized spacial score (nSPS) is 11.1. The van der Waals surface area contributed by atoms with Crippen molar-refractivity contribution in [3.8, 4) is 0 Å². The molecule has 0 amide bonds. The van der Waals surface area contributed by atoms with Crippen molar-refractivity contribution in [1.82, 2.24) is 9.38 Å². The lowest BCUT2D eigenvalue weighted by Crippen LogP contribution is -2.03. The molecular formula is C14H14FN3S. The van der Waals surface area contributed by atoms with E-state index in [9.17, 15) is 4.39 Å². The predicted octanol–water partition coefficient (Wildman–Crippen LogP) is 3.76. The van der Waals surface area contributed by atoms with E-state index >= 15 is 0 Å². The third-order valence-electron chi connectivity index (χ3n) is 3.18. The first kappa shape index (κ1) is 12.2. The molecule has 19 heavy (non-hydrogen) atoms. The fourth-order valence-electron chi connectivity index (χ4n) is 2.09. The molecule has 3 aromatic rings. The third-order valence-corrected chi connectivity index (χ3v) is 3.94. The summed E-state index contributed by atoms with van der Waals surface area (Å²) >= 11 is 1.62. The van der Waals surface area contributed by atoms with Gasteiger partial charge in [0.15, 0.2) is 4.96 Å². The maximum Gasteiger partial charge on any atom is 0.194 e. The van der Waals surface area contributed by atoms with Crippen molar-refractivity contribution >= 4 is 22.0 Å². The number of aryl methyl sites for hydroxylation is 2. The maximum absolute atomic E-state index is 13.2. The number of halogens is 1. The van der Waals surface area contributed by atoms with Crippen LogP contribution in [0.15, 0.2) is 29.8 Å². The fourth-order valence-corrected chi connectivity index (χ4v) is 2.87. The van der Waals surface area contributed by atoms with Gasteiger partial charge in [0.05, 0.1) is 17.9 Å². The molecule has 0 spiro atoms. The summed E-state index contributed by atoms with van der Waals surface area (Å²) in [6, 6.07) is 5.06. The zero-order chi connectivity index (χ0) is 13.4. The Labute approximate surface area is 114 Å². The van der Waals surface area contributed by atoms with Crippen LogP contribution >= 0.6 is 11.3 Å². The minimum atomic E-state index is -0.175. The number of anilines is 1. The summed E-state index contributed by atoms with van der Waals surface area (Å²) in [7, 11) is 0. The van der Waals surface area contributed by atoms with Gasteiger partial charge in [-0.15, -0.1) is 11.3 Å². The van der Waals surface area contributed by atoms with Crippen molar-refractivity contribution in [1.29, 1.82) is 0 Å². The lowest BCUT2D eigenvalue weighted by molar-refractivity contribution is 0.618. The van der Waals surface area contributed by atoms with Crippen molar-refractivity contribution in [2.75, 3.05) is 5.32 Å². The van der Waals surface area contributed by atoms with Gasteiger partial charge in [-0.25, -0.2) is 9.37 Å². The van der Waals surface area contributed by atoms with Gasteiger partial charge >= 0.3 is 0 Å². The van der Waals surface area contributed by atoms with Crippen LogP contribution in [-0.2, 0) is 6.54 Å². The average molecular weight is 275 g/mol. The van der Waals surface area contributed by atoms with Gasteiger partial charge in [-0.1, -0.05) is 0 Å². The Kier molecular flexibility index (Phi) is 2.98. The second-order valence-electron chi connectivity index (χ2n) is 4.52. The van der Waals surface area contributed by atoms with E-state index in [1.807, 2.05) is 24.6 Å². The first-order valence-electron chi connectivity index (χ1n) is 6.06. The Morgan fingerprint density at radius 2 is 2.21 bits per heavy atom. The predicted molar refractivity (Wildman–Crippen MR) is 76.3 cm³/mol. The molecule has 0 saturated carbocycles. The van der Waals surface area contributed by atoms with Crippen molar-refractivity contribution < 1.29 is 4.39 Å². The molecule has 3 rings (SSSR count). The SMILES string of the molecule is Cc1cc(NCc2c(C)nc3sccn23)ccc1F. The Hall–Kier alpha value is -1.88. The monoisotopic (exact) mass is 275 g/mol. The fraction of sp³-hybridized carbons (Fsp3) is 0.214. The first-order valence-corrected chi connectivity index (χ1v) is 6.94. The molecule has 0 fully saturated rings. The van der Waals surface area contributed by atoms with Crippen molar-refractivity contribution in [3.63, 3.8) is 0 Å². The second-order valence-corrected chi connectivity index (χ2v) is 5.39. The van der Waals surface area contributed by atoms with Gasteiger partial charge in [0, 0.05) is 17.3 Å². The van der Waals surface area contributed by atoms with Gasteiger partial charge < -0.3 is 5.32 Å². The van der Waals surface area contributed by atoms with Crippen LogP contribution in [0.4, 0.5) is 10.1 Å². The van der Waals surface area contributed by atoms with Gasteiger partial charge in [-0.3, -0.25) is 4.40 Å². The molecule has 2 aromatic heterocycles. The van der Waals surface area contributed by atoms with Crippen LogP contribution in [0.25, 0.3) is 4.96 Å². The number of rotatable bonds is 3. The molecule has 3 nitrogen and oxygen atoms in total. The van der Waals surface area contributed by atoms with Crippen molar-refractivity contribution in [2.45, 2.75) is 20.4 Å². The quantitative estimate of drug-likeness (QED) is 0.788. The molecule has 1 aromatic carbocycles. The van der Waals surface area contributed by atoms with E-state index in [0.29, 0.717) is 12.1 Å². The number of benzene rings is 1. The van der Waals surface area contributed by atoms with Crippen molar-refractivity contribution in [3.05, 3.63) is 52.5 Å². The molecule has 0 aliphatic heterocycles. The number of hydrogen-bond donors (Lipinski definition) is 1. The molecule has 2 heterocycles. The lowest BCUT2D eigenvalue weighted by Gasteiger charge is -2.08. The van der Waals surface area contributed by atoms with Crippen molar-refractivity contribution in [2.24, 2.45) is 0 Å². The summed E-state index contributed by atoms with van der Waals surface area (Å²) in [5.41, 5.74) is 3.73. The number of thiazole rings is 1. The van der Waals surface area contributed by atoms with E-state index in [0.717, 1.165) is 22.0 Å². The number of imidazole rings is 1. The van der Waals surface area contributed by atoms with Crippen LogP contribution in [0.3, 0.4) is 0 Å². The van der Waals surface area contributed by atoms with Crippen LogP contribution in [-0.4, -0.2) is 9.38 Å². The smallest absolute Gasteiger partial charge is 0.194 e. The first-order chi connectivity index (χ1) is 9.15. The molecule has 1 N–H and O–H groups in total. The molecular weight excluding hydrogens is 261 g/mol. The number of hydrogen-bond acceptors (Lipinski definition) is 3. The Bertz CT molecular complexity index is 729. The van der Waals surface area contributed by atoms with Crippen LogP contribution in [0.1, 0.15) is 17.0 Å². The summed E-state index contributed by atoms with van der Waals surface area (Å²) in [4.78, 5) is 5.50. The van der Waals surface area contributed by atoms with Gasteiger partial charge in [0.1, 0.15) is 5.82 Å². The van der Waals surface area contributed by atoms with E-state index in [1.165, 1.54) is 6.07 Å². The highest BCUT2D eigenvalue weighted by Crippen LogP contribution is 2.19. The molecule has 0 radical (unpaired) electrons. The van der Waals surface area contributed by atoms with E-state index in [4.69, 9.17) is 0 Å². The average Bonchev–Trinajstić information content (AvgIpc) is 2.92. The minimum absolute atomic E-state index is 0.175. The summed E-state index contributed by atoms with van der Waals surface area (Å²) in [5, 5.41) is 5.34. The van der Waals surface area contributed by atoms with Crippen LogP contribution in [0, 0.1) is 19.7 Å². The van der Waals surface area contributed by atoms with Gasteiger partial charge in [-0.05, 0) is 37.6 Å². The summed E-state index contributed by atoms with van der Waals surface area (Å²) < 4.78 is 15.3. The van der Waals surface area contributed by atoms with Crippen LogP contribution in [0.2, 0.25) is 0 Å². The molecule has 0 unspecified atom stereocenters. The standard InChI is InChI=1S/C14H14FN3S/c1-9-7-11(3-4-12(9)15)16-8-13-10(2)17-14-18(13)5-6-19-14/h3-7,16H,8H2,1-2H3. The van der Waals surface area contributed by atoms with Gasteiger partial charge in [0.2, 0.25) is 0 Å². The summed E-state index contributed by atoms with van der Waals surface area (Å²) in [6.07, 6.45) is 2.02. The topological polar surface area (TPSA) is 29.3 Å². The van der Waals surface area contributed by atoms with Gasteiger partial charge in [0.25, 0.3) is 0 Å². The summed E-state index contributed by atoms with van der Waals surface area (Å²) in [5.74, 6) is -0.175. The lowest BCUT2D eigenvalue weighted by atomic mass is 10.2. The number of nitrogens with one attached hydrogen (secondary N) is 1. The Morgan fingerprint density at radius 1 is 1.37 bits per heavy atom. The largest absolute Gasteiger partial charge is 0.379 e.